The van der Waals surface area contributed by atoms with Crippen LogP contribution in [0.25, 0.3) is 0 Å². The molecule has 7 heteroatoms. The van der Waals surface area contributed by atoms with E-state index in [1.807, 2.05) is 45.9 Å². The van der Waals surface area contributed by atoms with Gasteiger partial charge in [-0.05, 0) is 77.3 Å². The van der Waals surface area contributed by atoms with E-state index in [9.17, 15) is 14.4 Å². The van der Waals surface area contributed by atoms with Gasteiger partial charge in [-0.1, -0.05) is 51.0 Å². The van der Waals surface area contributed by atoms with Crippen molar-refractivity contribution in [1.82, 2.24) is 15.5 Å². The highest BCUT2D eigenvalue weighted by molar-refractivity contribution is 5.92. The van der Waals surface area contributed by atoms with Gasteiger partial charge >= 0.3 is 6.09 Å². The molecule has 0 spiro atoms. The van der Waals surface area contributed by atoms with Gasteiger partial charge in [0.05, 0.1) is 0 Å². The summed E-state index contributed by atoms with van der Waals surface area (Å²) in [6.45, 7) is 16.0. The monoisotopic (exact) mass is 487 g/mol. The molecule has 2 atom stereocenters. The molecule has 7 nitrogen and oxygen atoms in total. The maximum Gasteiger partial charge on any atom is 0.408 e. The molecule has 1 saturated carbocycles. The van der Waals surface area contributed by atoms with Crippen LogP contribution in [0.1, 0.15) is 96.4 Å². The largest absolute Gasteiger partial charge is 0.444 e. The van der Waals surface area contributed by atoms with Crippen LogP contribution in [-0.4, -0.2) is 47.0 Å². The molecule has 1 aromatic rings. The van der Waals surface area contributed by atoms with Gasteiger partial charge in [0.2, 0.25) is 11.8 Å². The van der Waals surface area contributed by atoms with Gasteiger partial charge in [-0.3, -0.25) is 9.59 Å². The molecule has 2 rings (SSSR count). The second-order valence-corrected chi connectivity index (χ2v) is 11.2. The van der Waals surface area contributed by atoms with Crippen LogP contribution in [0.15, 0.2) is 18.2 Å². The van der Waals surface area contributed by atoms with Crippen molar-refractivity contribution < 1.29 is 19.1 Å². The van der Waals surface area contributed by atoms with E-state index in [-0.39, 0.29) is 23.8 Å². The molecule has 0 radical (unpaired) electrons. The minimum Gasteiger partial charge on any atom is -0.444 e. The average Bonchev–Trinajstić information content (AvgIpc) is 3.55. The predicted molar refractivity (Wildman–Crippen MR) is 139 cm³/mol. The highest BCUT2D eigenvalue weighted by atomic mass is 16.6. The Hall–Kier alpha value is -2.57. The van der Waals surface area contributed by atoms with Crippen molar-refractivity contribution in [3.8, 4) is 0 Å². The Morgan fingerprint density at radius 3 is 2.31 bits per heavy atom. The summed E-state index contributed by atoms with van der Waals surface area (Å²) in [5, 5.41) is 5.85. The molecule has 2 unspecified atom stereocenters. The number of unbranched alkanes of at least 4 members (excludes halogenated alkanes) is 1. The fourth-order valence-electron chi connectivity index (χ4n) is 4.23. The predicted octanol–water partition coefficient (Wildman–Crippen LogP) is 5.19. The van der Waals surface area contributed by atoms with Gasteiger partial charge in [-0.15, -0.1) is 0 Å². The number of hydrogen-bond acceptors (Lipinski definition) is 4. The van der Waals surface area contributed by atoms with Gasteiger partial charge in [-0.25, -0.2) is 4.79 Å². The van der Waals surface area contributed by atoms with Crippen LogP contribution in [0, 0.1) is 19.8 Å². The molecule has 1 aromatic carbocycles. The van der Waals surface area contributed by atoms with Crippen LogP contribution in [0.4, 0.5) is 4.79 Å². The lowest BCUT2D eigenvalue weighted by molar-refractivity contribution is -0.143. The van der Waals surface area contributed by atoms with E-state index in [0.29, 0.717) is 13.0 Å². The lowest BCUT2D eigenvalue weighted by atomic mass is 9.95. The van der Waals surface area contributed by atoms with Crippen LogP contribution >= 0.6 is 0 Å². The van der Waals surface area contributed by atoms with E-state index in [2.05, 4.69) is 17.6 Å². The number of benzene rings is 1. The molecular formula is C28H45N3O4. The van der Waals surface area contributed by atoms with Gasteiger partial charge in [0.25, 0.3) is 0 Å². The van der Waals surface area contributed by atoms with Crippen LogP contribution in [0.5, 0.6) is 0 Å². The van der Waals surface area contributed by atoms with E-state index in [1.165, 1.54) is 0 Å². The van der Waals surface area contributed by atoms with Crippen molar-refractivity contribution in [3.63, 3.8) is 0 Å². The van der Waals surface area contributed by atoms with Gasteiger partial charge in [0, 0.05) is 12.6 Å². The summed E-state index contributed by atoms with van der Waals surface area (Å²) in [6, 6.07) is 4.43. The summed E-state index contributed by atoms with van der Waals surface area (Å²) in [6.07, 6.45) is 3.36. The third kappa shape index (κ3) is 8.86. The first-order valence-electron chi connectivity index (χ1n) is 13.0. The van der Waals surface area contributed by atoms with E-state index < -0.39 is 23.8 Å². The SMILES string of the molecule is CCCCNC(=O)C(c1ccc(C)cc1C)N(C(=O)C(CC(C)C)NC(=O)OC(C)(C)C)C1CC1. The third-order valence-corrected chi connectivity index (χ3v) is 5.97. The number of aryl methyl sites for hydroxylation is 2. The maximum absolute atomic E-state index is 14.1. The molecular weight excluding hydrogens is 442 g/mol. The Balaban J connectivity index is 2.45. The molecule has 35 heavy (non-hydrogen) atoms. The van der Waals surface area contributed by atoms with Crippen molar-refractivity contribution in [1.29, 1.82) is 0 Å². The number of carbonyl (C=O) groups excluding carboxylic acids is 3. The quantitative estimate of drug-likeness (QED) is 0.421. The molecule has 1 aliphatic rings. The second-order valence-electron chi connectivity index (χ2n) is 11.2. The van der Waals surface area contributed by atoms with E-state index in [0.717, 1.165) is 42.4 Å². The average molecular weight is 488 g/mol. The minimum atomic E-state index is -0.776. The van der Waals surface area contributed by atoms with E-state index in [1.54, 1.807) is 25.7 Å². The maximum atomic E-state index is 14.1. The topological polar surface area (TPSA) is 87.7 Å². The molecule has 0 aromatic heterocycles. The van der Waals surface area contributed by atoms with Crippen molar-refractivity contribution in [2.45, 2.75) is 111 Å². The van der Waals surface area contributed by atoms with Gasteiger partial charge in [0.15, 0.2) is 0 Å². The normalized spacial score (nSPS) is 15.3. The highest BCUT2D eigenvalue weighted by Gasteiger charge is 2.44. The van der Waals surface area contributed by atoms with Crippen molar-refractivity contribution in [2.75, 3.05) is 6.54 Å². The minimum absolute atomic E-state index is 0.0276. The Labute approximate surface area is 211 Å². The third-order valence-electron chi connectivity index (χ3n) is 5.97. The van der Waals surface area contributed by atoms with Crippen LogP contribution in [0.3, 0.4) is 0 Å². The molecule has 3 amide bonds. The number of rotatable bonds is 11. The molecule has 0 bridgehead atoms. The lowest BCUT2D eigenvalue weighted by Crippen LogP contribution is -2.54. The molecule has 0 heterocycles. The first-order chi connectivity index (χ1) is 16.3. The standard InChI is InChI=1S/C28H45N3O4/c1-9-10-15-29-25(32)24(22-14-11-19(4)17-20(22)5)31(21-12-13-21)26(33)23(16-18(2)3)30-27(34)35-28(6,7)8/h11,14,17-18,21,23-24H,9-10,12-13,15-16H2,1-8H3,(H,29,32)(H,30,34). The summed E-state index contributed by atoms with van der Waals surface area (Å²) in [4.78, 5) is 42.0. The molecule has 0 aliphatic heterocycles. The Morgan fingerprint density at radius 2 is 1.80 bits per heavy atom. The number of alkyl carbamates (subject to hydrolysis) is 1. The van der Waals surface area contributed by atoms with Crippen LogP contribution in [0.2, 0.25) is 0 Å². The summed E-state index contributed by atoms with van der Waals surface area (Å²) < 4.78 is 5.45. The number of hydrogen-bond donors (Lipinski definition) is 2. The zero-order valence-electron chi connectivity index (χ0n) is 22.9. The Bertz CT molecular complexity index is 887. The Kier molecular flexibility index (Phi) is 10.2. The number of nitrogens with one attached hydrogen (secondary N) is 2. The molecule has 196 valence electrons. The Morgan fingerprint density at radius 1 is 1.14 bits per heavy atom. The zero-order valence-corrected chi connectivity index (χ0v) is 22.9. The van der Waals surface area contributed by atoms with Crippen LogP contribution in [-0.2, 0) is 14.3 Å². The van der Waals surface area contributed by atoms with E-state index >= 15 is 0 Å². The first kappa shape index (κ1) is 28.7. The number of carbonyl (C=O) groups is 3. The zero-order chi connectivity index (χ0) is 26.3. The van der Waals surface area contributed by atoms with Crippen molar-refractivity contribution >= 4 is 17.9 Å². The van der Waals surface area contributed by atoms with E-state index in [4.69, 9.17) is 4.74 Å². The number of ether oxygens (including phenoxy) is 1. The lowest BCUT2D eigenvalue weighted by Gasteiger charge is -2.35. The van der Waals surface area contributed by atoms with Crippen LogP contribution < -0.4 is 10.6 Å². The molecule has 2 N–H and O–H groups in total. The second kappa shape index (κ2) is 12.4. The van der Waals surface area contributed by atoms with Crippen molar-refractivity contribution in [2.24, 2.45) is 5.92 Å². The number of amides is 3. The summed E-state index contributed by atoms with van der Waals surface area (Å²) in [7, 11) is 0. The fourth-order valence-corrected chi connectivity index (χ4v) is 4.23. The van der Waals surface area contributed by atoms with Gasteiger partial charge in [-0.2, -0.15) is 0 Å². The molecule has 0 saturated heterocycles. The fraction of sp³-hybridized carbons (Fsp3) is 0.679. The summed E-state index contributed by atoms with van der Waals surface area (Å²) >= 11 is 0. The summed E-state index contributed by atoms with van der Waals surface area (Å²) in [5.41, 5.74) is 2.22. The van der Waals surface area contributed by atoms with Crippen molar-refractivity contribution in [3.05, 3.63) is 34.9 Å². The smallest absolute Gasteiger partial charge is 0.408 e. The number of nitrogens with zero attached hydrogens (tertiary/aromatic N) is 1. The highest BCUT2D eigenvalue weighted by Crippen LogP contribution is 2.37. The first-order valence-corrected chi connectivity index (χ1v) is 13.0. The molecule has 1 aliphatic carbocycles. The molecule has 1 fully saturated rings. The van der Waals surface area contributed by atoms with Gasteiger partial charge < -0.3 is 20.3 Å². The van der Waals surface area contributed by atoms with Gasteiger partial charge in [0.1, 0.15) is 17.7 Å². The summed E-state index contributed by atoms with van der Waals surface area (Å²) in [5.74, 6) is -0.244.